The highest BCUT2D eigenvalue weighted by atomic mass is 19.4. The first kappa shape index (κ1) is 22.4. The highest BCUT2D eigenvalue weighted by Gasteiger charge is 2.38. The Hall–Kier alpha value is -2.84. The van der Waals surface area contributed by atoms with E-state index in [1.165, 1.54) is 18.2 Å². The Balaban J connectivity index is 1.64. The van der Waals surface area contributed by atoms with Crippen molar-refractivity contribution in [3.8, 4) is 0 Å². The van der Waals surface area contributed by atoms with Crippen LogP contribution in [0.15, 0.2) is 54.7 Å². The van der Waals surface area contributed by atoms with Crippen LogP contribution in [0.3, 0.4) is 0 Å². The molecule has 0 spiro atoms. The number of hydrogen-bond donors (Lipinski definition) is 2. The van der Waals surface area contributed by atoms with Crippen molar-refractivity contribution in [2.75, 3.05) is 32.8 Å². The summed E-state index contributed by atoms with van der Waals surface area (Å²) in [6.07, 6.45) is -1.55. The Labute approximate surface area is 184 Å². The molecule has 1 fully saturated rings. The Morgan fingerprint density at radius 1 is 1.09 bits per heavy atom. The summed E-state index contributed by atoms with van der Waals surface area (Å²) in [5, 5.41) is 10.2. The maximum absolute atomic E-state index is 13.5. The van der Waals surface area contributed by atoms with Gasteiger partial charge in [0.2, 0.25) is 0 Å². The summed E-state index contributed by atoms with van der Waals surface area (Å²) in [7, 11) is 0. The zero-order valence-corrected chi connectivity index (χ0v) is 17.6. The van der Waals surface area contributed by atoms with Crippen LogP contribution in [0.25, 0.3) is 10.9 Å². The molecule has 32 heavy (non-hydrogen) atoms. The van der Waals surface area contributed by atoms with Crippen LogP contribution in [0.1, 0.15) is 27.9 Å². The number of benzene rings is 2. The molecule has 0 bridgehead atoms. The molecule has 1 aliphatic heterocycles. The minimum Gasteiger partial charge on any atom is -0.396 e. The minimum atomic E-state index is -4.60. The van der Waals surface area contributed by atoms with Crippen molar-refractivity contribution in [2.24, 2.45) is 0 Å². The van der Waals surface area contributed by atoms with Crippen LogP contribution < -0.4 is 0 Å². The first-order chi connectivity index (χ1) is 15.4. The molecular weight excluding hydrogens is 419 g/mol. The number of aliphatic hydroxyl groups excluding tert-OH is 1. The van der Waals surface area contributed by atoms with Gasteiger partial charge in [-0.3, -0.25) is 9.69 Å². The van der Waals surface area contributed by atoms with Crippen LogP contribution in [0.2, 0.25) is 0 Å². The maximum atomic E-state index is 13.5. The van der Waals surface area contributed by atoms with Crippen LogP contribution in [-0.4, -0.2) is 64.6 Å². The quantitative estimate of drug-likeness (QED) is 0.604. The Bertz CT molecular complexity index is 1080. The molecule has 1 atom stereocenters. The maximum Gasteiger partial charge on any atom is 0.417 e. The monoisotopic (exact) mass is 445 g/mol. The van der Waals surface area contributed by atoms with E-state index in [4.69, 9.17) is 0 Å². The summed E-state index contributed by atoms with van der Waals surface area (Å²) in [6, 6.07) is 12.5. The van der Waals surface area contributed by atoms with Gasteiger partial charge in [0.15, 0.2) is 0 Å². The average molecular weight is 445 g/mol. The molecule has 0 aliphatic carbocycles. The van der Waals surface area contributed by atoms with Gasteiger partial charge in [-0.25, -0.2) is 0 Å². The number of aromatic amines is 1. The summed E-state index contributed by atoms with van der Waals surface area (Å²) in [5.74, 6) is -0.593. The molecule has 0 radical (unpaired) electrons. The van der Waals surface area contributed by atoms with Gasteiger partial charge in [0.1, 0.15) is 0 Å². The normalized spacial score (nSPS) is 17.8. The van der Waals surface area contributed by atoms with Gasteiger partial charge in [0, 0.05) is 55.9 Å². The highest BCUT2D eigenvalue weighted by molar-refractivity contribution is 5.96. The third-order valence-corrected chi connectivity index (χ3v) is 6.05. The van der Waals surface area contributed by atoms with Crippen molar-refractivity contribution in [3.63, 3.8) is 0 Å². The largest absolute Gasteiger partial charge is 0.417 e. The molecule has 2 aromatic carbocycles. The zero-order valence-electron chi connectivity index (χ0n) is 17.6. The average Bonchev–Trinajstić information content (AvgIpc) is 3.20. The van der Waals surface area contributed by atoms with Gasteiger partial charge in [-0.15, -0.1) is 0 Å². The molecule has 3 aromatic rings. The molecule has 1 aliphatic rings. The van der Waals surface area contributed by atoms with Crippen LogP contribution in [0.4, 0.5) is 13.2 Å². The Morgan fingerprint density at radius 3 is 2.62 bits per heavy atom. The Morgan fingerprint density at radius 2 is 1.84 bits per heavy atom. The number of amides is 1. The Kier molecular flexibility index (Phi) is 6.53. The fourth-order valence-electron chi connectivity index (χ4n) is 4.49. The first-order valence-corrected chi connectivity index (χ1v) is 10.7. The number of aromatic nitrogens is 1. The fraction of sp³-hybridized carbons (Fsp3) is 0.375. The smallest absolute Gasteiger partial charge is 0.396 e. The third-order valence-electron chi connectivity index (χ3n) is 6.05. The number of rotatable bonds is 6. The van der Waals surface area contributed by atoms with Crippen molar-refractivity contribution >= 4 is 16.8 Å². The molecular formula is C24H26F3N3O2. The second kappa shape index (κ2) is 9.34. The van der Waals surface area contributed by atoms with Crippen molar-refractivity contribution < 1.29 is 23.1 Å². The number of nitrogens with one attached hydrogen (secondary N) is 1. The summed E-state index contributed by atoms with van der Waals surface area (Å²) < 4.78 is 40.6. The number of hydrogen-bond acceptors (Lipinski definition) is 3. The van der Waals surface area contributed by atoms with E-state index in [0.717, 1.165) is 22.5 Å². The van der Waals surface area contributed by atoms with Crippen LogP contribution >= 0.6 is 0 Å². The van der Waals surface area contributed by atoms with Crippen LogP contribution in [-0.2, 0) is 12.6 Å². The van der Waals surface area contributed by atoms with E-state index in [9.17, 15) is 23.1 Å². The molecule has 170 valence electrons. The van der Waals surface area contributed by atoms with Crippen LogP contribution in [0, 0.1) is 0 Å². The summed E-state index contributed by atoms with van der Waals surface area (Å²) in [4.78, 5) is 20.3. The number of alkyl halides is 3. The van der Waals surface area contributed by atoms with Crippen molar-refractivity contribution in [1.29, 1.82) is 0 Å². The van der Waals surface area contributed by atoms with Gasteiger partial charge < -0.3 is 15.0 Å². The lowest BCUT2D eigenvalue weighted by Crippen LogP contribution is -2.56. The van der Waals surface area contributed by atoms with Gasteiger partial charge >= 0.3 is 6.18 Å². The molecule has 2 heterocycles. The number of piperazine rings is 1. The predicted molar refractivity (Wildman–Crippen MR) is 116 cm³/mol. The lowest BCUT2D eigenvalue weighted by Gasteiger charge is -2.42. The van der Waals surface area contributed by atoms with Crippen molar-refractivity contribution in [1.82, 2.24) is 14.8 Å². The molecule has 5 nitrogen and oxygen atoms in total. The lowest BCUT2D eigenvalue weighted by atomic mass is 9.98. The van der Waals surface area contributed by atoms with E-state index in [2.05, 4.69) is 9.88 Å². The minimum absolute atomic E-state index is 0.0746. The third kappa shape index (κ3) is 4.66. The molecule has 1 amide bonds. The molecule has 8 heteroatoms. The zero-order chi connectivity index (χ0) is 22.7. The van der Waals surface area contributed by atoms with E-state index in [1.807, 2.05) is 30.5 Å². The number of H-pyrrole nitrogens is 1. The number of nitrogens with zero attached hydrogens (tertiary/aromatic N) is 2. The van der Waals surface area contributed by atoms with Crippen molar-refractivity contribution in [2.45, 2.75) is 25.1 Å². The van der Waals surface area contributed by atoms with E-state index in [1.54, 1.807) is 4.90 Å². The van der Waals surface area contributed by atoms with Crippen molar-refractivity contribution in [3.05, 3.63) is 71.4 Å². The number of carbonyl (C=O) groups excluding carboxylic acids is 1. The number of aliphatic hydroxyl groups is 1. The second-order valence-corrected chi connectivity index (χ2v) is 8.14. The second-order valence-electron chi connectivity index (χ2n) is 8.14. The van der Waals surface area contributed by atoms with Gasteiger partial charge in [-0.2, -0.15) is 13.2 Å². The lowest BCUT2D eigenvalue weighted by molar-refractivity contribution is -0.138. The first-order valence-electron chi connectivity index (χ1n) is 10.7. The number of fused-ring (bicyclic) bond motifs is 1. The van der Waals surface area contributed by atoms with E-state index in [0.29, 0.717) is 39.0 Å². The highest BCUT2D eigenvalue weighted by Crippen LogP contribution is 2.33. The summed E-state index contributed by atoms with van der Waals surface area (Å²) in [6.45, 7) is 2.19. The van der Waals surface area contributed by atoms with Gasteiger partial charge in [-0.05, 0) is 36.6 Å². The predicted octanol–water partition coefficient (Wildman–Crippen LogP) is 3.94. The molecule has 1 unspecified atom stereocenters. The molecule has 4 rings (SSSR count). The SMILES string of the molecule is O=C(c1ccccc1C(F)(F)F)N1CCN(CCCO)CC1Cc1c[nH]c2ccccc12. The number of halogens is 3. The molecule has 2 N–H and O–H groups in total. The van der Waals surface area contributed by atoms with Gasteiger partial charge in [0.05, 0.1) is 11.1 Å². The van der Waals surface area contributed by atoms with E-state index in [-0.39, 0.29) is 18.2 Å². The van der Waals surface area contributed by atoms with Crippen LogP contribution in [0.5, 0.6) is 0 Å². The topological polar surface area (TPSA) is 59.6 Å². The number of para-hydroxylation sites is 1. The summed E-state index contributed by atoms with van der Waals surface area (Å²) in [5.41, 5.74) is 0.790. The number of carbonyl (C=O) groups is 1. The molecule has 1 saturated heterocycles. The van der Waals surface area contributed by atoms with Gasteiger partial charge in [0.25, 0.3) is 5.91 Å². The standard InChI is InChI=1S/C24H26F3N3O2/c25-24(26,27)21-8-3-1-7-20(21)23(32)30-12-11-29(10-5-13-31)16-18(30)14-17-15-28-22-9-4-2-6-19(17)22/h1-4,6-9,15,18,28,31H,5,10-14,16H2. The van der Waals surface area contributed by atoms with Gasteiger partial charge in [-0.1, -0.05) is 30.3 Å². The van der Waals surface area contributed by atoms with E-state index >= 15 is 0 Å². The molecule has 0 saturated carbocycles. The van der Waals surface area contributed by atoms with E-state index < -0.39 is 17.6 Å². The molecule has 1 aromatic heterocycles. The summed E-state index contributed by atoms with van der Waals surface area (Å²) >= 11 is 0. The fourth-order valence-corrected chi connectivity index (χ4v) is 4.49.